The van der Waals surface area contributed by atoms with E-state index in [1.54, 1.807) is 0 Å². The molecule has 3 fully saturated rings. The molecular formula is C30H47N3O5. The molecule has 2 heterocycles. The molecule has 8 heteroatoms. The number of unbranched alkanes of at least 4 members (excludes halogenated alkanes) is 2. The quantitative estimate of drug-likeness (QED) is 0.359. The standard InChI is InChI=1S/C30H47N3O5/c1-2-3-18-33-27(35)26(22-29(37)13-5-4-6-14-29)31-28(36)30(33)15-19-32(20-16-30)17-7-8-21-38-25-11-9-24(23-34)10-12-25/h9-12,26,34,37H,2-8,13-23H2,1H3,(H,31,36)/t26-/m1/s1. The van der Waals surface area contributed by atoms with Gasteiger partial charge in [0.25, 0.3) is 0 Å². The number of aliphatic hydroxyl groups excluding tert-OH is 1. The number of likely N-dealkylation sites (tertiary alicyclic amines) is 1. The summed E-state index contributed by atoms with van der Waals surface area (Å²) < 4.78 is 5.82. The highest BCUT2D eigenvalue weighted by Crippen LogP contribution is 2.37. The zero-order valence-corrected chi connectivity index (χ0v) is 23.1. The van der Waals surface area contributed by atoms with Crippen LogP contribution >= 0.6 is 0 Å². The van der Waals surface area contributed by atoms with Gasteiger partial charge < -0.3 is 30.1 Å². The lowest BCUT2D eigenvalue weighted by Crippen LogP contribution is -2.73. The molecule has 1 spiro atoms. The van der Waals surface area contributed by atoms with Crippen LogP contribution in [0.4, 0.5) is 0 Å². The number of nitrogens with one attached hydrogen (secondary N) is 1. The van der Waals surface area contributed by atoms with Crippen LogP contribution in [0.2, 0.25) is 0 Å². The van der Waals surface area contributed by atoms with Gasteiger partial charge in [-0.3, -0.25) is 9.59 Å². The van der Waals surface area contributed by atoms with Crippen molar-refractivity contribution < 1.29 is 24.5 Å². The number of hydrogen-bond donors (Lipinski definition) is 3. The number of piperidine rings is 1. The maximum Gasteiger partial charge on any atom is 0.246 e. The van der Waals surface area contributed by atoms with Crippen LogP contribution in [0, 0.1) is 0 Å². The van der Waals surface area contributed by atoms with E-state index in [0.717, 1.165) is 75.9 Å². The molecule has 0 radical (unpaired) electrons. The Morgan fingerprint density at radius 1 is 0.974 bits per heavy atom. The Hall–Kier alpha value is -2.16. The number of ether oxygens (including phenoxy) is 1. The third-order valence-electron chi connectivity index (χ3n) is 8.84. The van der Waals surface area contributed by atoms with Crippen LogP contribution in [0.5, 0.6) is 5.75 Å². The van der Waals surface area contributed by atoms with Crippen LogP contribution in [0.25, 0.3) is 0 Å². The fraction of sp³-hybridized carbons (Fsp3) is 0.733. The molecule has 0 bridgehead atoms. The predicted molar refractivity (Wildman–Crippen MR) is 147 cm³/mol. The van der Waals surface area contributed by atoms with Crippen molar-refractivity contribution in [3.05, 3.63) is 29.8 Å². The summed E-state index contributed by atoms with van der Waals surface area (Å²) in [6.07, 6.45) is 9.94. The third-order valence-corrected chi connectivity index (χ3v) is 8.84. The van der Waals surface area contributed by atoms with Gasteiger partial charge in [-0.25, -0.2) is 0 Å². The highest BCUT2D eigenvalue weighted by Gasteiger charge is 2.54. The van der Waals surface area contributed by atoms with Crippen molar-refractivity contribution in [2.75, 3.05) is 32.8 Å². The fourth-order valence-corrected chi connectivity index (χ4v) is 6.41. The number of aliphatic hydroxyl groups is 2. The Kier molecular flexibility index (Phi) is 10.1. The lowest BCUT2D eigenvalue weighted by atomic mass is 9.77. The van der Waals surface area contributed by atoms with Crippen LogP contribution < -0.4 is 10.1 Å². The summed E-state index contributed by atoms with van der Waals surface area (Å²) in [5.74, 6) is 0.781. The molecule has 3 aliphatic rings. The first-order valence-corrected chi connectivity index (χ1v) is 14.8. The number of rotatable bonds is 12. The Labute approximate surface area is 227 Å². The van der Waals surface area contributed by atoms with E-state index in [0.29, 0.717) is 45.3 Å². The number of carbonyl (C=O) groups is 2. The van der Waals surface area contributed by atoms with Crippen LogP contribution in [-0.4, -0.2) is 81.8 Å². The number of piperazine rings is 1. The molecule has 2 aliphatic heterocycles. The van der Waals surface area contributed by atoms with Crippen LogP contribution in [0.1, 0.15) is 89.5 Å². The van der Waals surface area contributed by atoms with Crippen molar-refractivity contribution in [3.8, 4) is 5.75 Å². The van der Waals surface area contributed by atoms with Gasteiger partial charge in [0.15, 0.2) is 0 Å². The first kappa shape index (κ1) is 28.8. The predicted octanol–water partition coefficient (Wildman–Crippen LogP) is 3.38. The van der Waals surface area contributed by atoms with Crippen LogP contribution in [-0.2, 0) is 16.2 Å². The van der Waals surface area contributed by atoms with Crippen molar-refractivity contribution in [2.45, 2.75) is 108 Å². The summed E-state index contributed by atoms with van der Waals surface area (Å²) in [5.41, 5.74) is -0.736. The second-order valence-electron chi connectivity index (χ2n) is 11.6. The van der Waals surface area contributed by atoms with E-state index in [1.165, 1.54) is 0 Å². The van der Waals surface area contributed by atoms with Gasteiger partial charge in [0, 0.05) is 26.1 Å². The van der Waals surface area contributed by atoms with E-state index in [-0.39, 0.29) is 18.4 Å². The Balaban J connectivity index is 1.27. The zero-order chi connectivity index (χ0) is 27.0. The van der Waals surface area contributed by atoms with E-state index in [9.17, 15) is 14.7 Å². The Bertz CT molecular complexity index is 907. The minimum atomic E-state index is -0.844. The van der Waals surface area contributed by atoms with Gasteiger partial charge in [0.2, 0.25) is 11.8 Å². The molecule has 1 aromatic rings. The largest absolute Gasteiger partial charge is 0.494 e. The first-order chi connectivity index (χ1) is 18.4. The summed E-state index contributed by atoms with van der Waals surface area (Å²) in [5, 5.41) is 23.3. The summed E-state index contributed by atoms with van der Waals surface area (Å²) in [6, 6.07) is 6.89. The van der Waals surface area contributed by atoms with Crippen molar-refractivity contribution in [3.63, 3.8) is 0 Å². The molecule has 3 N–H and O–H groups in total. The second-order valence-corrected chi connectivity index (χ2v) is 11.6. The molecule has 8 nitrogen and oxygen atoms in total. The fourth-order valence-electron chi connectivity index (χ4n) is 6.41. The number of nitrogens with zero attached hydrogens (tertiary/aromatic N) is 2. The Morgan fingerprint density at radius 2 is 1.68 bits per heavy atom. The molecule has 4 rings (SSSR count). The van der Waals surface area contributed by atoms with Crippen LogP contribution in [0.15, 0.2) is 24.3 Å². The molecular weight excluding hydrogens is 482 g/mol. The maximum atomic E-state index is 13.7. The number of carbonyl (C=O) groups excluding carboxylic acids is 2. The summed E-state index contributed by atoms with van der Waals surface area (Å²) >= 11 is 0. The molecule has 38 heavy (non-hydrogen) atoms. The lowest BCUT2D eigenvalue weighted by Gasteiger charge is -2.52. The zero-order valence-electron chi connectivity index (χ0n) is 23.1. The van der Waals surface area contributed by atoms with Gasteiger partial charge in [-0.2, -0.15) is 0 Å². The molecule has 1 saturated carbocycles. The summed E-state index contributed by atoms with van der Waals surface area (Å²) in [7, 11) is 0. The molecule has 0 aromatic heterocycles. The van der Waals surface area contributed by atoms with E-state index in [4.69, 9.17) is 9.84 Å². The van der Waals surface area contributed by atoms with E-state index >= 15 is 0 Å². The summed E-state index contributed by atoms with van der Waals surface area (Å²) in [6.45, 7) is 5.93. The molecule has 0 unspecified atom stereocenters. The molecule has 1 aromatic carbocycles. The number of amides is 2. The van der Waals surface area contributed by atoms with E-state index < -0.39 is 17.2 Å². The maximum absolute atomic E-state index is 13.7. The number of benzene rings is 1. The average Bonchev–Trinajstić information content (AvgIpc) is 2.93. The van der Waals surface area contributed by atoms with Crippen LogP contribution in [0.3, 0.4) is 0 Å². The van der Waals surface area contributed by atoms with Gasteiger partial charge in [0.05, 0.1) is 18.8 Å². The highest BCUT2D eigenvalue weighted by atomic mass is 16.5. The minimum Gasteiger partial charge on any atom is -0.494 e. The van der Waals surface area contributed by atoms with Crippen molar-refractivity contribution in [1.82, 2.24) is 15.1 Å². The summed E-state index contributed by atoms with van der Waals surface area (Å²) in [4.78, 5) is 31.6. The molecule has 1 atom stereocenters. The number of hydrogen-bond acceptors (Lipinski definition) is 6. The van der Waals surface area contributed by atoms with Gasteiger partial charge >= 0.3 is 0 Å². The van der Waals surface area contributed by atoms with Gasteiger partial charge in [0.1, 0.15) is 17.3 Å². The van der Waals surface area contributed by atoms with Crippen molar-refractivity contribution in [1.29, 1.82) is 0 Å². The van der Waals surface area contributed by atoms with Gasteiger partial charge in [-0.1, -0.05) is 44.7 Å². The molecule has 212 valence electrons. The van der Waals surface area contributed by atoms with Crippen molar-refractivity contribution in [2.24, 2.45) is 0 Å². The average molecular weight is 530 g/mol. The smallest absolute Gasteiger partial charge is 0.246 e. The van der Waals surface area contributed by atoms with E-state index in [2.05, 4.69) is 17.1 Å². The molecule has 2 amide bonds. The minimum absolute atomic E-state index is 0.00494. The van der Waals surface area contributed by atoms with E-state index in [1.807, 2.05) is 29.2 Å². The highest BCUT2D eigenvalue weighted by molar-refractivity contribution is 6.00. The second kappa shape index (κ2) is 13.3. The monoisotopic (exact) mass is 529 g/mol. The topological polar surface area (TPSA) is 102 Å². The molecule has 1 aliphatic carbocycles. The molecule has 2 saturated heterocycles. The van der Waals surface area contributed by atoms with Gasteiger partial charge in [-0.05, 0) is 69.2 Å². The lowest BCUT2D eigenvalue weighted by molar-refractivity contribution is -0.163. The van der Waals surface area contributed by atoms with Crippen molar-refractivity contribution >= 4 is 11.8 Å². The first-order valence-electron chi connectivity index (χ1n) is 14.8. The SMILES string of the molecule is CCCCN1C(=O)[C@@H](CC2(O)CCCCC2)NC(=O)C12CCN(CCCCOc1ccc(CO)cc1)CC2. The normalized spacial score (nSPS) is 23.4. The van der Waals surface area contributed by atoms with Gasteiger partial charge in [-0.15, -0.1) is 0 Å². The Morgan fingerprint density at radius 3 is 2.34 bits per heavy atom. The third kappa shape index (κ3) is 6.88.